The van der Waals surface area contributed by atoms with E-state index in [-0.39, 0.29) is 0 Å². The molecule has 0 atom stereocenters. The van der Waals surface area contributed by atoms with Crippen molar-refractivity contribution in [3.63, 3.8) is 0 Å². The number of likely N-dealkylation sites (tertiary alicyclic amines) is 1. The number of nitrogens with zero attached hydrogens (tertiary/aromatic N) is 1. The Morgan fingerprint density at radius 1 is 1.05 bits per heavy atom. The van der Waals surface area contributed by atoms with Crippen LogP contribution in [0.25, 0.3) is 0 Å². The number of rotatable bonds is 6. The molecule has 0 aliphatic carbocycles. The number of piperidine rings is 1. The largest absolute Gasteiger partial charge is 0.326 e. The molecule has 2 nitrogen and oxygen atoms in total. The molecule has 0 amide bonds. The maximum absolute atomic E-state index is 5.82. The molecule has 1 aliphatic rings. The summed E-state index contributed by atoms with van der Waals surface area (Å²) in [6.07, 6.45) is 6.57. The SMILES string of the molecule is CCC1(CC)CCN(CCc2ccccc2CN)CC1. The highest BCUT2D eigenvalue weighted by Crippen LogP contribution is 2.37. The van der Waals surface area contributed by atoms with Crippen LogP contribution in [0.5, 0.6) is 0 Å². The zero-order chi connectivity index (χ0) is 14.4. The van der Waals surface area contributed by atoms with Crippen molar-refractivity contribution in [1.29, 1.82) is 0 Å². The van der Waals surface area contributed by atoms with Crippen molar-refractivity contribution in [2.45, 2.75) is 52.5 Å². The summed E-state index contributed by atoms with van der Waals surface area (Å²) in [6, 6.07) is 8.60. The molecule has 0 spiro atoms. The van der Waals surface area contributed by atoms with Crippen LogP contribution < -0.4 is 5.73 Å². The number of hydrogen-bond donors (Lipinski definition) is 1. The molecular formula is C18H30N2. The first-order chi connectivity index (χ1) is 9.73. The zero-order valence-corrected chi connectivity index (χ0v) is 13.2. The average molecular weight is 274 g/mol. The molecule has 2 rings (SSSR count). The van der Waals surface area contributed by atoms with Gasteiger partial charge in [0.2, 0.25) is 0 Å². The van der Waals surface area contributed by atoms with Crippen LogP contribution in [-0.2, 0) is 13.0 Å². The van der Waals surface area contributed by atoms with E-state index >= 15 is 0 Å². The van der Waals surface area contributed by atoms with Crippen LogP contribution in [0.4, 0.5) is 0 Å². The fraction of sp³-hybridized carbons (Fsp3) is 0.667. The van der Waals surface area contributed by atoms with E-state index in [2.05, 4.69) is 43.0 Å². The van der Waals surface area contributed by atoms with Crippen molar-refractivity contribution in [2.75, 3.05) is 19.6 Å². The number of benzene rings is 1. The van der Waals surface area contributed by atoms with E-state index in [4.69, 9.17) is 5.73 Å². The van der Waals surface area contributed by atoms with Gasteiger partial charge in [0.05, 0.1) is 0 Å². The molecule has 20 heavy (non-hydrogen) atoms. The lowest BCUT2D eigenvalue weighted by Crippen LogP contribution is -2.40. The molecule has 2 heteroatoms. The summed E-state index contributed by atoms with van der Waals surface area (Å²) >= 11 is 0. The summed E-state index contributed by atoms with van der Waals surface area (Å²) in [5.41, 5.74) is 9.18. The first kappa shape index (κ1) is 15.5. The van der Waals surface area contributed by atoms with Crippen LogP contribution in [-0.4, -0.2) is 24.5 Å². The predicted octanol–water partition coefficient (Wildman–Crippen LogP) is 3.59. The van der Waals surface area contributed by atoms with Crippen LogP contribution in [0, 0.1) is 5.41 Å². The first-order valence-corrected chi connectivity index (χ1v) is 8.22. The highest BCUT2D eigenvalue weighted by molar-refractivity contribution is 5.27. The van der Waals surface area contributed by atoms with Crippen LogP contribution in [0.15, 0.2) is 24.3 Å². The summed E-state index contributed by atoms with van der Waals surface area (Å²) in [7, 11) is 0. The fourth-order valence-electron chi connectivity index (χ4n) is 3.49. The van der Waals surface area contributed by atoms with Crippen molar-refractivity contribution in [1.82, 2.24) is 4.90 Å². The Balaban J connectivity index is 1.84. The highest BCUT2D eigenvalue weighted by atomic mass is 15.1. The van der Waals surface area contributed by atoms with Gasteiger partial charge in [-0.1, -0.05) is 51.0 Å². The third-order valence-electron chi connectivity index (χ3n) is 5.45. The smallest absolute Gasteiger partial charge is 0.0180 e. The molecule has 1 saturated heterocycles. The topological polar surface area (TPSA) is 29.3 Å². The molecule has 0 unspecified atom stereocenters. The molecule has 0 radical (unpaired) electrons. The lowest BCUT2D eigenvalue weighted by atomic mass is 9.74. The minimum Gasteiger partial charge on any atom is -0.326 e. The van der Waals surface area contributed by atoms with Gasteiger partial charge in [-0.05, 0) is 48.9 Å². The second-order valence-corrected chi connectivity index (χ2v) is 6.27. The summed E-state index contributed by atoms with van der Waals surface area (Å²) < 4.78 is 0. The Morgan fingerprint density at radius 3 is 2.20 bits per heavy atom. The molecule has 0 bridgehead atoms. The molecule has 1 fully saturated rings. The predicted molar refractivity (Wildman–Crippen MR) is 86.7 cm³/mol. The van der Waals surface area contributed by atoms with Crippen molar-refractivity contribution in [3.05, 3.63) is 35.4 Å². The third-order valence-corrected chi connectivity index (χ3v) is 5.45. The molecule has 0 aromatic heterocycles. The van der Waals surface area contributed by atoms with E-state index in [9.17, 15) is 0 Å². The maximum Gasteiger partial charge on any atom is 0.0180 e. The molecule has 0 saturated carbocycles. The van der Waals surface area contributed by atoms with Crippen LogP contribution in [0.3, 0.4) is 0 Å². The number of nitrogens with two attached hydrogens (primary N) is 1. The van der Waals surface area contributed by atoms with E-state index < -0.39 is 0 Å². The van der Waals surface area contributed by atoms with Gasteiger partial charge in [0.1, 0.15) is 0 Å². The summed E-state index contributed by atoms with van der Waals surface area (Å²) in [4.78, 5) is 2.64. The van der Waals surface area contributed by atoms with Crippen molar-refractivity contribution < 1.29 is 0 Å². The summed E-state index contributed by atoms with van der Waals surface area (Å²) in [5, 5.41) is 0. The quantitative estimate of drug-likeness (QED) is 0.859. The van der Waals surface area contributed by atoms with E-state index in [1.54, 1.807) is 0 Å². The van der Waals surface area contributed by atoms with Gasteiger partial charge in [0.15, 0.2) is 0 Å². The van der Waals surface area contributed by atoms with Crippen molar-refractivity contribution in [3.8, 4) is 0 Å². The normalized spacial score (nSPS) is 19.1. The summed E-state index contributed by atoms with van der Waals surface area (Å²) in [5.74, 6) is 0. The average Bonchev–Trinajstić information content (AvgIpc) is 2.53. The van der Waals surface area contributed by atoms with Crippen LogP contribution in [0.2, 0.25) is 0 Å². The second-order valence-electron chi connectivity index (χ2n) is 6.27. The van der Waals surface area contributed by atoms with Gasteiger partial charge in [-0.3, -0.25) is 0 Å². The molecule has 2 N–H and O–H groups in total. The molecule has 1 aliphatic heterocycles. The Bertz CT molecular complexity index is 400. The van der Waals surface area contributed by atoms with Crippen molar-refractivity contribution >= 4 is 0 Å². The standard InChI is InChI=1S/C18H30N2/c1-3-18(4-2)10-13-20(14-11-18)12-9-16-7-5-6-8-17(16)15-19/h5-8H,3-4,9-15,19H2,1-2H3. The van der Waals surface area contributed by atoms with E-state index in [1.165, 1.54) is 56.4 Å². The minimum absolute atomic E-state index is 0.631. The van der Waals surface area contributed by atoms with Gasteiger partial charge >= 0.3 is 0 Å². The minimum atomic E-state index is 0.631. The van der Waals surface area contributed by atoms with Gasteiger partial charge in [-0.15, -0.1) is 0 Å². The molecule has 1 aromatic rings. The van der Waals surface area contributed by atoms with E-state index in [0.29, 0.717) is 12.0 Å². The first-order valence-electron chi connectivity index (χ1n) is 8.22. The van der Waals surface area contributed by atoms with E-state index in [0.717, 1.165) is 6.42 Å². The van der Waals surface area contributed by atoms with Gasteiger partial charge in [-0.2, -0.15) is 0 Å². The van der Waals surface area contributed by atoms with Crippen molar-refractivity contribution in [2.24, 2.45) is 11.1 Å². The molecular weight excluding hydrogens is 244 g/mol. The lowest BCUT2D eigenvalue weighted by molar-refractivity contribution is 0.0963. The third kappa shape index (κ3) is 3.62. The lowest BCUT2D eigenvalue weighted by Gasteiger charge is -2.41. The molecule has 112 valence electrons. The van der Waals surface area contributed by atoms with E-state index in [1.807, 2.05) is 0 Å². The van der Waals surface area contributed by atoms with Crippen LogP contribution in [0.1, 0.15) is 50.7 Å². The van der Waals surface area contributed by atoms with Gasteiger partial charge in [0, 0.05) is 13.1 Å². The maximum atomic E-state index is 5.82. The molecule has 1 aromatic carbocycles. The van der Waals surface area contributed by atoms with Crippen LogP contribution >= 0.6 is 0 Å². The second kappa shape index (κ2) is 7.24. The van der Waals surface area contributed by atoms with Gasteiger partial charge in [-0.25, -0.2) is 0 Å². The fourth-order valence-corrected chi connectivity index (χ4v) is 3.49. The molecule has 1 heterocycles. The monoisotopic (exact) mass is 274 g/mol. The summed E-state index contributed by atoms with van der Waals surface area (Å²) in [6.45, 7) is 9.09. The Kier molecular flexibility index (Phi) is 5.62. The Morgan fingerprint density at radius 2 is 1.65 bits per heavy atom. The number of hydrogen-bond acceptors (Lipinski definition) is 2. The Labute approximate surface area is 124 Å². The van der Waals surface area contributed by atoms with Gasteiger partial charge < -0.3 is 10.6 Å². The zero-order valence-electron chi connectivity index (χ0n) is 13.2. The van der Waals surface area contributed by atoms with Gasteiger partial charge in [0.25, 0.3) is 0 Å². The highest BCUT2D eigenvalue weighted by Gasteiger charge is 2.30. The Hall–Kier alpha value is -0.860.